The number of aromatic nitrogens is 2. The molecule has 36 heavy (non-hydrogen) atoms. The lowest BCUT2D eigenvalue weighted by molar-refractivity contribution is -0.127. The number of amides is 2. The van der Waals surface area contributed by atoms with E-state index in [1.807, 2.05) is 13.0 Å². The average molecular weight is 509 g/mol. The number of benzene rings is 2. The van der Waals surface area contributed by atoms with Crippen LogP contribution in [0.1, 0.15) is 19.4 Å². The number of hydrogen-bond acceptors (Lipinski definition) is 6. The number of halogens is 1. The predicted octanol–water partition coefficient (Wildman–Crippen LogP) is 2.14. The Hall–Kier alpha value is -3.94. The molecule has 4 rings (SSSR count). The molecule has 2 atom stereocenters. The fourth-order valence-electron chi connectivity index (χ4n) is 4.47. The zero-order chi connectivity index (χ0) is 26.0. The highest BCUT2D eigenvalue weighted by atomic mass is 35.5. The summed E-state index contributed by atoms with van der Waals surface area (Å²) in [4.78, 5) is 51.5. The summed E-state index contributed by atoms with van der Waals surface area (Å²) in [7, 11) is 0. The summed E-state index contributed by atoms with van der Waals surface area (Å²) in [6.07, 6.45) is 0. The number of fused-ring (bicyclic) bond motifs is 1. The molecule has 1 fully saturated rings. The van der Waals surface area contributed by atoms with Gasteiger partial charge in [0.15, 0.2) is 0 Å². The van der Waals surface area contributed by atoms with Crippen LogP contribution in [0.25, 0.3) is 10.9 Å². The van der Waals surface area contributed by atoms with Crippen molar-refractivity contribution >= 4 is 45.7 Å². The monoisotopic (exact) mass is 508 g/mol. The number of carbonyl (C=O) groups excluding carboxylic acids is 2. The fraction of sp³-hybridized carbons (Fsp3) is 0.320. The summed E-state index contributed by atoms with van der Waals surface area (Å²) in [5, 5.41) is 18.2. The molecule has 1 aromatic heterocycles. The van der Waals surface area contributed by atoms with E-state index >= 15 is 0 Å². The van der Waals surface area contributed by atoms with E-state index in [2.05, 4.69) is 16.0 Å². The van der Waals surface area contributed by atoms with Gasteiger partial charge in [0.2, 0.25) is 11.8 Å². The number of aryl methyl sites for hydroxylation is 1. The molecule has 2 amide bonds. The second kappa shape index (κ2) is 10.4. The summed E-state index contributed by atoms with van der Waals surface area (Å²) in [6.45, 7) is 4.81. The molecule has 3 aromatic rings. The molecule has 2 aromatic carbocycles. The quantitative estimate of drug-likeness (QED) is 0.466. The highest BCUT2D eigenvalue weighted by Gasteiger charge is 2.38. The molecule has 1 aliphatic heterocycles. The van der Waals surface area contributed by atoms with E-state index in [1.165, 1.54) is 16.7 Å². The van der Waals surface area contributed by atoms with Crippen LogP contribution in [0.3, 0.4) is 0 Å². The summed E-state index contributed by atoms with van der Waals surface area (Å²) < 4.78 is 2.68. The minimum Gasteiger partial charge on any atom is -0.326 e. The average Bonchev–Trinajstić information content (AvgIpc) is 3.36. The summed E-state index contributed by atoms with van der Waals surface area (Å²) in [5.74, 6) is -2.00. The van der Waals surface area contributed by atoms with Gasteiger partial charge in [0.25, 0.3) is 5.56 Å². The van der Waals surface area contributed by atoms with Crippen LogP contribution >= 0.6 is 11.6 Å². The molecule has 11 heteroatoms. The first-order chi connectivity index (χ1) is 17.3. The predicted molar refractivity (Wildman–Crippen MR) is 137 cm³/mol. The van der Waals surface area contributed by atoms with Gasteiger partial charge in [-0.1, -0.05) is 11.6 Å². The van der Waals surface area contributed by atoms with E-state index in [1.54, 1.807) is 31.2 Å². The Kier molecular flexibility index (Phi) is 7.24. The topological polar surface area (TPSA) is 138 Å². The van der Waals surface area contributed by atoms with E-state index < -0.39 is 17.4 Å². The van der Waals surface area contributed by atoms with Crippen LogP contribution in [0.2, 0.25) is 5.02 Å². The van der Waals surface area contributed by atoms with Crippen molar-refractivity contribution in [1.29, 1.82) is 5.26 Å². The van der Waals surface area contributed by atoms with Gasteiger partial charge < -0.3 is 16.0 Å². The molecule has 0 saturated carbocycles. The lowest BCUT2D eigenvalue weighted by Crippen LogP contribution is -2.39. The maximum Gasteiger partial charge on any atom is 0.331 e. The van der Waals surface area contributed by atoms with Crippen molar-refractivity contribution in [1.82, 2.24) is 14.5 Å². The Morgan fingerprint density at radius 1 is 1.00 bits per heavy atom. The third kappa shape index (κ3) is 4.63. The number of nitrogens with zero attached hydrogens (tertiary/aromatic N) is 3. The maximum absolute atomic E-state index is 13.1. The Bertz CT molecular complexity index is 1520. The smallest absolute Gasteiger partial charge is 0.326 e. The van der Waals surface area contributed by atoms with Crippen LogP contribution in [-0.2, 0) is 22.7 Å². The van der Waals surface area contributed by atoms with Gasteiger partial charge >= 0.3 is 5.69 Å². The van der Waals surface area contributed by atoms with Crippen LogP contribution in [0.5, 0.6) is 0 Å². The molecule has 1 saturated heterocycles. The molecule has 0 bridgehead atoms. The standard InChI is InChI=1S/C25H25ClN6O4/c1-3-31-21-8-7-15(9-17(21)24(35)32(4-2)25(31)36)29-22(33)18-12-28-13-19(18)23(34)30-16-6-5-14(11-27)20(26)10-16/h5-10,18-19,28H,3-4,12-13H2,1-2H3,(H,29,33)(H,30,34). The number of nitriles is 1. The largest absolute Gasteiger partial charge is 0.331 e. The Morgan fingerprint density at radius 2 is 1.58 bits per heavy atom. The molecular formula is C25H25ClN6O4. The molecule has 0 aliphatic carbocycles. The first-order valence-corrected chi connectivity index (χ1v) is 12.0. The van der Waals surface area contributed by atoms with Crippen LogP contribution in [0.15, 0.2) is 46.0 Å². The van der Waals surface area contributed by atoms with E-state index in [9.17, 15) is 19.2 Å². The normalized spacial score (nSPS) is 17.1. The van der Waals surface area contributed by atoms with Crippen LogP contribution in [0, 0.1) is 23.2 Å². The van der Waals surface area contributed by atoms with Gasteiger partial charge in [-0.15, -0.1) is 0 Å². The molecule has 0 radical (unpaired) electrons. The van der Waals surface area contributed by atoms with Crippen molar-refractivity contribution in [2.24, 2.45) is 11.8 Å². The fourth-order valence-corrected chi connectivity index (χ4v) is 4.69. The van der Waals surface area contributed by atoms with Crippen LogP contribution in [0.4, 0.5) is 11.4 Å². The van der Waals surface area contributed by atoms with E-state index in [-0.39, 0.29) is 29.1 Å². The zero-order valence-electron chi connectivity index (χ0n) is 19.8. The lowest BCUT2D eigenvalue weighted by Gasteiger charge is -2.18. The zero-order valence-corrected chi connectivity index (χ0v) is 20.6. The summed E-state index contributed by atoms with van der Waals surface area (Å²) >= 11 is 6.05. The van der Waals surface area contributed by atoms with Gasteiger partial charge in [0.1, 0.15) is 6.07 Å². The van der Waals surface area contributed by atoms with Crippen molar-refractivity contribution < 1.29 is 9.59 Å². The third-order valence-electron chi connectivity index (χ3n) is 6.37. The Balaban J connectivity index is 1.55. The SMILES string of the molecule is CCn1c(=O)c2cc(NC(=O)C3CNCC3C(=O)Nc3ccc(C#N)c(Cl)c3)ccc2n(CC)c1=O. The number of nitrogens with one attached hydrogen (secondary N) is 3. The lowest BCUT2D eigenvalue weighted by atomic mass is 9.94. The second-order valence-electron chi connectivity index (χ2n) is 8.46. The number of anilines is 2. The van der Waals surface area contributed by atoms with Crippen molar-refractivity contribution in [2.45, 2.75) is 26.9 Å². The number of hydrogen-bond donors (Lipinski definition) is 3. The maximum atomic E-state index is 13.1. The Labute approximate surface area is 211 Å². The van der Waals surface area contributed by atoms with Crippen LogP contribution in [-0.4, -0.2) is 34.0 Å². The van der Waals surface area contributed by atoms with Gasteiger partial charge in [-0.25, -0.2) is 4.79 Å². The molecule has 3 N–H and O–H groups in total. The highest BCUT2D eigenvalue weighted by Crippen LogP contribution is 2.25. The molecule has 2 heterocycles. The molecule has 186 valence electrons. The minimum atomic E-state index is -0.647. The van der Waals surface area contributed by atoms with Crippen molar-refractivity contribution in [3.05, 3.63) is 67.8 Å². The molecule has 10 nitrogen and oxygen atoms in total. The van der Waals surface area contributed by atoms with Gasteiger partial charge in [0.05, 0.1) is 33.3 Å². The van der Waals surface area contributed by atoms with Gasteiger partial charge in [-0.05, 0) is 50.2 Å². The van der Waals surface area contributed by atoms with Crippen molar-refractivity contribution in [3.8, 4) is 6.07 Å². The third-order valence-corrected chi connectivity index (χ3v) is 6.68. The summed E-state index contributed by atoms with van der Waals surface area (Å²) in [6, 6.07) is 11.4. The summed E-state index contributed by atoms with van der Waals surface area (Å²) in [5.41, 5.74) is 0.836. The number of carbonyl (C=O) groups is 2. The Morgan fingerprint density at radius 3 is 2.14 bits per heavy atom. The second-order valence-corrected chi connectivity index (χ2v) is 8.87. The van der Waals surface area contributed by atoms with Gasteiger partial charge in [-0.3, -0.25) is 23.5 Å². The van der Waals surface area contributed by atoms with E-state index in [4.69, 9.17) is 16.9 Å². The van der Waals surface area contributed by atoms with E-state index in [0.29, 0.717) is 47.5 Å². The molecule has 2 unspecified atom stereocenters. The first-order valence-electron chi connectivity index (χ1n) is 11.6. The van der Waals surface area contributed by atoms with Gasteiger partial charge in [-0.2, -0.15) is 5.26 Å². The van der Waals surface area contributed by atoms with Crippen molar-refractivity contribution in [3.63, 3.8) is 0 Å². The first kappa shape index (κ1) is 25.2. The number of rotatable bonds is 6. The van der Waals surface area contributed by atoms with Gasteiger partial charge in [0, 0.05) is 37.6 Å². The van der Waals surface area contributed by atoms with Crippen molar-refractivity contribution in [2.75, 3.05) is 23.7 Å². The minimum absolute atomic E-state index is 0.223. The molecular weight excluding hydrogens is 484 g/mol. The molecule has 1 aliphatic rings. The molecule has 0 spiro atoms. The van der Waals surface area contributed by atoms with E-state index in [0.717, 1.165) is 4.57 Å². The van der Waals surface area contributed by atoms with Crippen LogP contribution < -0.4 is 27.2 Å². The highest BCUT2D eigenvalue weighted by molar-refractivity contribution is 6.32.